The Morgan fingerprint density at radius 1 is 1.10 bits per heavy atom. The maximum Gasteiger partial charge on any atom is 0.161 e. The van der Waals surface area contributed by atoms with Crippen LogP contribution < -0.4 is 5.32 Å². The molecule has 1 aromatic rings. The molecule has 0 spiro atoms. The van der Waals surface area contributed by atoms with Gasteiger partial charge < -0.3 is 5.32 Å². The van der Waals surface area contributed by atoms with Crippen molar-refractivity contribution in [1.29, 1.82) is 0 Å². The molecule has 2 aliphatic carbocycles. The van der Waals surface area contributed by atoms with Gasteiger partial charge in [0.1, 0.15) is 5.82 Å². The lowest BCUT2D eigenvalue weighted by Gasteiger charge is -2.39. The van der Waals surface area contributed by atoms with Gasteiger partial charge in [0, 0.05) is 24.2 Å². The zero-order valence-electron chi connectivity index (χ0n) is 12.8. The van der Waals surface area contributed by atoms with Crippen LogP contribution in [0.15, 0.2) is 12.1 Å². The first kappa shape index (κ1) is 14.9. The summed E-state index contributed by atoms with van der Waals surface area (Å²) >= 11 is 0. The zero-order chi connectivity index (χ0) is 15.4. The van der Waals surface area contributed by atoms with Gasteiger partial charge >= 0.3 is 0 Å². The molecule has 3 rings (SSSR count). The minimum Gasteiger partial charge on any atom is -0.309 e. The minimum absolute atomic E-state index is 0.187. The van der Waals surface area contributed by atoms with E-state index >= 15 is 0 Å². The summed E-state index contributed by atoms with van der Waals surface area (Å²) in [6.45, 7) is 7.15. The summed E-state index contributed by atoms with van der Waals surface area (Å²) < 4.78 is 39.9. The van der Waals surface area contributed by atoms with Gasteiger partial charge in [0.2, 0.25) is 0 Å². The van der Waals surface area contributed by atoms with Crippen molar-refractivity contribution in [3.63, 3.8) is 0 Å². The first-order valence-corrected chi connectivity index (χ1v) is 7.62. The molecule has 3 unspecified atom stereocenters. The largest absolute Gasteiger partial charge is 0.309 e. The summed E-state index contributed by atoms with van der Waals surface area (Å²) in [5, 5.41) is 3.38. The molecular formula is C17H22F3N. The van der Waals surface area contributed by atoms with Crippen LogP contribution >= 0.6 is 0 Å². The molecule has 2 bridgehead atoms. The number of rotatable bonds is 3. The van der Waals surface area contributed by atoms with Gasteiger partial charge in [-0.25, -0.2) is 13.2 Å². The van der Waals surface area contributed by atoms with Crippen LogP contribution in [-0.4, -0.2) is 6.04 Å². The average Bonchev–Trinajstić information content (AvgIpc) is 2.74. The van der Waals surface area contributed by atoms with Gasteiger partial charge in [-0.1, -0.05) is 20.8 Å². The second-order valence-corrected chi connectivity index (χ2v) is 7.40. The second-order valence-electron chi connectivity index (χ2n) is 7.40. The summed E-state index contributed by atoms with van der Waals surface area (Å²) in [6, 6.07) is 1.88. The van der Waals surface area contributed by atoms with E-state index in [0.717, 1.165) is 12.5 Å². The van der Waals surface area contributed by atoms with Gasteiger partial charge in [0.25, 0.3) is 0 Å². The van der Waals surface area contributed by atoms with Crippen molar-refractivity contribution >= 4 is 0 Å². The third kappa shape index (κ3) is 2.10. The van der Waals surface area contributed by atoms with Crippen molar-refractivity contribution in [3.05, 3.63) is 35.1 Å². The van der Waals surface area contributed by atoms with Crippen LogP contribution in [0.1, 0.15) is 45.6 Å². The molecule has 1 aromatic carbocycles. The fourth-order valence-electron chi connectivity index (χ4n) is 4.44. The predicted molar refractivity (Wildman–Crippen MR) is 76.2 cm³/mol. The van der Waals surface area contributed by atoms with Crippen LogP contribution in [-0.2, 0) is 6.54 Å². The van der Waals surface area contributed by atoms with Gasteiger partial charge in [-0.3, -0.25) is 0 Å². The number of hydrogen-bond acceptors (Lipinski definition) is 1. The fourth-order valence-corrected chi connectivity index (χ4v) is 4.44. The van der Waals surface area contributed by atoms with Gasteiger partial charge in [0.15, 0.2) is 11.6 Å². The molecule has 0 radical (unpaired) electrons. The maximum absolute atomic E-state index is 13.7. The van der Waals surface area contributed by atoms with Gasteiger partial charge in [0.05, 0.1) is 0 Å². The van der Waals surface area contributed by atoms with E-state index in [4.69, 9.17) is 0 Å². The number of hydrogen-bond donors (Lipinski definition) is 1. The summed E-state index contributed by atoms with van der Waals surface area (Å²) in [5.41, 5.74) is 0.655. The Labute approximate surface area is 123 Å². The Bertz CT molecular complexity index is 569. The molecule has 1 nitrogen and oxygen atoms in total. The number of halogens is 3. The van der Waals surface area contributed by atoms with Crippen LogP contribution in [0.3, 0.4) is 0 Å². The second kappa shape index (κ2) is 4.73. The fraction of sp³-hybridized carbons (Fsp3) is 0.647. The number of nitrogens with one attached hydrogen (secondary N) is 1. The molecule has 3 atom stereocenters. The highest BCUT2D eigenvalue weighted by Crippen LogP contribution is 2.65. The Balaban J connectivity index is 1.74. The number of benzene rings is 1. The molecule has 0 amide bonds. The molecule has 2 aliphatic rings. The molecule has 0 aromatic heterocycles. The summed E-state index contributed by atoms with van der Waals surface area (Å²) in [7, 11) is 0. The highest BCUT2D eigenvalue weighted by molar-refractivity contribution is 5.21. The molecule has 2 fully saturated rings. The Morgan fingerprint density at radius 3 is 2.33 bits per heavy atom. The van der Waals surface area contributed by atoms with Crippen molar-refractivity contribution < 1.29 is 13.2 Å². The van der Waals surface area contributed by atoms with Crippen molar-refractivity contribution in [2.24, 2.45) is 16.7 Å². The molecule has 0 heterocycles. The zero-order valence-corrected chi connectivity index (χ0v) is 12.8. The smallest absolute Gasteiger partial charge is 0.161 e. The lowest BCUT2D eigenvalue weighted by molar-refractivity contribution is 0.120. The SMILES string of the molecule is CC1(C)C2CCC1(C)C(NCc1cc(F)c(F)cc1F)C2. The normalized spacial score (nSPS) is 33.6. The van der Waals surface area contributed by atoms with Crippen LogP contribution in [0.4, 0.5) is 13.2 Å². The van der Waals surface area contributed by atoms with E-state index in [2.05, 4.69) is 26.1 Å². The van der Waals surface area contributed by atoms with Crippen LogP contribution in [0.5, 0.6) is 0 Å². The quantitative estimate of drug-likeness (QED) is 0.815. The molecule has 0 aliphatic heterocycles. The van der Waals surface area contributed by atoms with Crippen molar-refractivity contribution in [2.75, 3.05) is 0 Å². The molecular weight excluding hydrogens is 275 g/mol. The summed E-state index contributed by atoms with van der Waals surface area (Å²) in [5.74, 6) is -2.12. The average molecular weight is 297 g/mol. The van der Waals surface area contributed by atoms with Crippen LogP contribution in [0, 0.1) is 34.2 Å². The van der Waals surface area contributed by atoms with Crippen LogP contribution in [0.2, 0.25) is 0 Å². The summed E-state index contributed by atoms with van der Waals surface area (Å²) in [6.07, 6.45) is 3.50. The van der Waals surface area contributed by atoms with E-state index in [1.807, 2.05) is 0 Å². The monoisotopic (exact) mass is 297 g/mol. The predicted octanol–water partition coefficient (Wildman–Crippen LogP) is 4.41. The van der Waals surface area contributed by atoms with E-state index in [9.17, 15) is 13.2 Å². The van der Waals surface area contributed by atoms with E-state index in [1.54, 1.807) is 0 Å². The maximum atomic E-state index is 13.7. The molecule has 1 N–H and O–H groups in total. The Morgan fingerprint density at radius 2 is 1.76 bits per heavy atom. The molecule has 0 saturated heterocycles. The lowest BCUT2D eigenvalue weighted by Crippen LogP contribution is -2.44. The van der Waals surface area contributed by atoms with Crippen LogP contribution in [0.25, 0.3) is 0 Å². The molecule has 116 valence electrons. The van der Waals surface area contributed by atoms with E-state index in [-0.39, 0.29) is 22.9 Å². The lowest BCUT2D eigenvalue weighted by atomic mass is 9.69. The first-order chi connectivity index (χ1) is 9.75. The Kier molecular flexibility index (Phi) is 3.36. The van der Waals surface area contributed by atoms with Crippen molar-refractivity contribution in [1.82, 2.24) is 5.32 Å². The van der Waals surface area contributed by atoms with Crippen molar-refractivity contribution in [2.45, 2.75) is 52.6 Å². The minimum atomic E-state index is -1.13. The highest BCUT2D eigenvalue weighted by atomic mass is 19.2. The number of fused-ring (bicyclic) bond motifs is 2. The third-order valence-electron chi connectivity index (χ3n) is 6.42. The molecule has 21 heavy (non-hydrogen) atoms. The van der Waals surface area contributed by atoms with E-state index in [1.165, 1.54) is 12.8 Å². The molecule has 2 saturated carbocycles. The highest BCUT2D eigenvalue weighted by Gasteiger charge is 2.60. The van der Waals surface area contributed by atoms with E-state index in [0.29, 0.717) is 18.0 Å². The first-order valence-electron chi connectivity index (χ1n) is 7.62. The third-order valence-corrected chi connectivity index (χ3v) is 6.42. The topological polar surface area (TPSA) is 12.0 Å². The van der Waals surface area contributed by atoms with Gasteiger partial charge in [-0.15, -0.1) is 0 Å². The molecule has 4 heteroatoms. The Hall–Kier alpha value is -1.03. The van der Waals surface area contributed by atoms with Gasteiger partial charge in [-0.05, 0) is 42.1 Å². The van der Waals surface area contributed by atoms with Crippen molar-refractivity contribution in [3.8, 4) is 0 Å². The summed E-state index contributed by atoms with van der Waals surface area (Å²) in [4.78, 5) is 0. The van der Waals surface area contributed by atoms with E-state index < -0.39 is 17.5 Å². The standard InChI is InChI=1S/C17H22F3N/c1-16(2)11-4-5-17(16,3)15(7-11)21-9-10-6-13(19)14(20)8-12(10)18/h6,8,11,15,21H,4-5,7,9H2,1-3H3. The van der Waals surface area contributed by atoms with Gasteiger partial charge in [-0.2, -0.15) is 0 Å².